The first kappa shape index (κ1) is 13.4. The van der Waals surface area contributed by atoms with Gasteiger partial charge in [0.2, 0.25) is 4.58 Å². The number of hydrogen-bond donors (Lipinski definition) is 3. The van der Waals surface area contributed by atoms with Crippen LogP contribution in [0.1, 0.15) is 6.23 Å². The summed E-state index contributed by atoms with van der Waals surface area (Å²) in [5, 5.41) is 18.5. The van der Waals surface area contributed by atoms with Gasteiger partial charge in [0.1, 0.15) is 12.2 Å². The Bertz CT molecular complexity index is 556. The summed E-state index contributed by atoms with van der Waals surface area (Å²) >= 11 is 2.64. The molecule has 0 bridgehead atoms. The normalized spacial score (nSPS) is 35.9. The number of aliphatic hydroxyl groups is 2. The maximum atomic E-state index is 14.3. The topological polar surface area (TPSA) is 105 Å². The van der Waals surface area contributed by atoms with Crippen LogP contribution < -0.4 is 11.2 Å². The zero-order valence-electron chi connectivity index (χ0n) is 8.92. The van der Waals surface area contributed by atoms with E-state index >= 15 is 0 Å². The monoisotopic (exact) mass is 324 g/mol. The Balaban J connectivity index is 2.45. The SMILES string of the molecule is O=c1ccn(C2OC(CO)[C@@H](O)[C@]2(F)Br)c(=O)[nH]1. The van der Waals surface area contributed by atoms with Gasteiger partial charge in [-0.15, -0.1) is 0 Å². The molecule has 0 aromatic carbocycles. The van der Waals surface area contributed by atoms with Crippen LogP contribution in [0.15, 0.2) is 21.9 Å². The lowest BCUT2D eigenvalue weighted by atomic mass is 10.1. The second-order valence-electron chi connectivity index (χ2n) is 3.85. The van der Waals surface area contributed by atoms with Crippen LogP contribution in [0.3, 0.4) is 0 Å². The van der Waals surface area contributed by atoms with Gasteiger partial charge in [0.15, 0.2) is 6.23 Å². The molecule has 4 atom stereocenters. The van der Waals surface area contributed by atoms with E-state index in [0.29, 0.717) is 0 Å². The lowest BCUT2D eigenvalue weighted by molar-refractivity contribution is -0.0506. The van der Waals surface area contributed by atoms with E-state index in [1.54, 1.807) is 0 Å². The van der Waals surface area contributed by atoms with Crippen LogP contribution >= 0.6 is 15.9 Å². The summed E-state index contributed by atoms with van der Waals surface area (Å²) in [5.41, 5.74) is -1.51. The Kier molecular flexibility index (Phi) is 3.41. The van der Waals surface area contributed by atoms with Crippen LogP contribution in [0.25, 0.3) is 0 Å². The standard InChI is InChI=1S/C9H10BrFN2O5/c10-9(11)6(16)4(3-14)18-7(9)13-2-1-5(15)12-8(13)17/h1-2,4,6-7,14,16H,3H2,(H,12,15,17)/t4?,6-,7?,9-/m1/s1. The highest BCUT2D eigenvalue weighted by Gasteiger charge is 2.56. The third-order valence-corrected chi connectivity index (χ3v) is 3.52. The van der Waals surface area contributed by atoms with Crippen molar-refractivity contribution < 1.29 is 19.3 Å². The fourth-order valence-corrected chi connectivity index (χ4v) is 2.35. The number of aromatic nitrogens is 2. The van der Waals surface area contributed by atoms with Crippen LogP contribution in [0.4, 0.5) is 4.39 Å². The Morgan fingerprint density at radius 1 is 1.61 bits per heavy atom. The minimum atomic E-state index is -2.44. The fraction of sp³-hybridized carbons (Fsp3) is 0.556. The first-order chi connectivity index (χ1) is 8.37. The number of aromatic amines is 1. The third-order valence-electron chi connectivity index (χ3n) is 2.66. The van der Waals surface area contributed by atoms with Gasteiger partial charge in [0, 0.05) is 12.3 Å². The Labute approximate surface area is 108 Å². The van der Waals surface area contributed by atoms with E-state index in [0.717, 1.165) is 16.8 Å². The van der Waals surface area contributed by atoms with Gasteiger partial charge in [0.05, 0.1) is 6.61 Å². The van der Waals surface area contributed by atoms with Crippen LogP contribution in [-0.2, 0) is 4.74 Å². The maximum absolute atomic E-state index is 14.3. The minimum Gasteiger partial charge on any atom is -0.394 e. The molecule has 18 heavy (non-hydrogen) atoms. The average molecular weight is 325 g/mol. The van der Waals surface area contributed by atoms with Crippen molar-refractivity contribution in [2.75, 3.05) is 6.61 Å². The largest absolute Gasteiger partial charge is 0.394 e. The van der Waals surface area contributed by atoms with Gasteiger partial charge in [-0.05, 0) is 15.9 Å². The van der Waals surface area contributed by atoms with Gasteiger partial charge in [0.25, 0.3) is 5.56 Å². The molecule has 0 aliphatic carbocycles. The molecule has 0 saturated carbocycles. The van der Waals surface area contributed by atoms with Gasteiger partial charge in [-0.1, -0.05) is 0 Å². The molecule has 1 aromatic rings. The maximum Gasteiger partial charge on any atom is 0.330 e. The van der Waals surface area contributed by atoms with Crippen LogP contribution in [0, 0.1) is 0 Å². The van der Waals surface area contributed by atoms with Crippen molar-refractivity contribution in [3.05, 3.63) is 33.1 Å². The van der Waals surface area contributed by atoms with Crippen molar-refractivity contribution in [1.82, 2.24) is 9.55 Å². The number of aliphatic hydroxyl groups excluding tert-OH is 2. The Morgan fingerprint density at radius 2 is 2.28 bits per heavy atom. The first-order valence-corrected chi connectivity index (χ1v) is 5.81. The highest BCUT2D eigenvalue weighted by molar-refractivity contribution is 9.10. The predicted octanol–water partition coefficient (Wildman–Crippen LogP) is -1.15. The second kappa shape index (κ2) is 4.57. The van der Waals surface area contributed by atoms with Crippen molar-refractivity contribution >= 4 is 15.9 Å². The van der Waals surface area contributed by atoms with Crippen molar-refractivity contribution in [1.29, 1.82) is 0 Å². The van der Waals surface area contributed by atoms with E-state index in [1.807, 2.05) is 4.98 Å². The van der Waals surface area contributed by atoms with Crippen LogP contribution in [0.2, 0.25) is 0 Å². The summed E-state index contributed by atoms with van der Waals surface area (Å²) in [7, 11) is 0. The highest BCUT2D eigenvalue weighted by Crippen LogP contribution is 2.45. The van der Waals surface area contributed by atoms with Crippen molar-refractivity contribution in [2.45, 2.75) is 23.0 Å². The molecule has 0 radical (unpaired) electrons. The van der Waals surface area contributed by atoms with E-state index in [1.165, 1.54) is 0 Å². The Morgan fingerprint density at radius 3 is 2.78 bits per heavy atom. The molecule has 1 aliphatic heterocycles. The van der Waals surface area contributed by atoms with Gasteiger partial charge in [-0.3, -0.25) is 14.3 Å². The summed E-state index contributed by atoms with van der Waals surface area (Å²) in [6, 6.07) is 1.02. The molecule has 1 aromatic heterocycles. The summed E-state index contributed by atoms with van der Waals surface area (Å²) in [6.45, 7) is -0.604. The predicted molar refractivity (Wildman–Crippen MR) is 61.1 cm³/mol. The van der Waals surface area contributed by atoms with E-state index < -0.39 is 40.9 Å². The smallest absolute Gasteiger partial charge is 0.330 e. The molecule has 2 unspecified atom stereocenters. The Hall–Kier alpha value is -1.03. The zero-order valence-corrected chi connectivity index (χ0v) is 10.5. The number of nitrogens with one attached hydrogen (secondary N) is 1. The molecule has 0 spiro atoms. The summed E-state index contributed by atoms with van der Waals surface area (Å²) < 4.78 is 17.7. The molecular formula is C9H10BrFN2O5. The van der Waals surface area contributed by atoms with Crippen LogP contribution in [0.5, 0.6) is 0 Å². The fourth-order valence-electron chi connectivity index (χ4n) is 1.73. The third kappa shape index (κ3) is 2.03. The number of ether oxygens (including phenoxy) is 1. The van der Waals surface area contributed by atoms with E-state index in [9.17, 15) is 19.1 Å². The number of hydrogen-bond acceptors (Lipinski definition) is 5. The number of nitrogens with zero attached hydrogens (tertiary/aromatic N) is 1. The molecule has 2 heterocycles. The molecule has 7 nitrogen and oxygen atoms in total. The molecule has 2 rings (SSSR count). The molecule has 0 amide bonds. The summed E-state index contributed by atoms with van der Waals surface area (Å²) in [4.78, 5) is 24.4. The average Bonchev–Trinajstić information content (AvgIpc) is 2.52. The second-order valence-corrected chi connectivity index (χ2v) is 5.06. The lowest BCUT2D eigenvalue weighted by Crippen LogP contribution is -2.41. The van der Waals surface area contributed by atoms with E-state index in [2.05, 4.69) is 15.9 Å². The molecule has 1 saturated heterocycles. The van der Waals surface area contributed by atoms with E-state index in [4.69, 9.17) is 9.84 Å². The molecule has 100 valence electrons. The lowest BCUT2D eigenvalue weighted by Gasteiger charge is -2.22. The molecule has 1 aliphatic rings. The number of alkyl halides is 2. The van der Waals surface area contributed by atoms with Crippen LogP contribution in [-0.4, -0.2) is 43.2 Å². The molecular weight excluding hydrogens is 315 g/mol. The number of rotatable bonds is 2. The quantitative estimate of drug-likeness (QED) is 0.596. The summed E-state index contributed by atoms with van der Waals surface area (Å²) in [5.74, 6) is 0. The molecule has 9 heteroatoms. The van der Waals surface area contributed by atoms with Crippen molar-refractivity contribution in [3.63, 3.8) is 0 Å². The van der Waals surface area contributed by atoms with Gasteiger partial charge in [-0.25, -0.2) is 9.18 Å². The zero-order chi connectivity index (χ0) is 13.5. The van der Waals surface area contributed by atoms with Gasteiger partial charge in [-0.2, -0.15) is 0 Å². The molecule has 3 N–H and O–H groups in total. The first-order valence-electron chi connectivity index (χ1n) is 5.01. The van der Waals surface area contributed by atoms with Gasteiger partial charge < -0.3 is 14.9 Å². The van der Waals surface area contributed by atoms with Crippen molar-refractivity contribution in [3.8, 4) is 0 Å². The van der Waals surface area contributed by atoms with Gasteiger partial charge >= 0.3 is 5.69 Å². The minimum absolute atomic E-state index is 0.604. The van der Waals surface area contributed by atoms with E-state index in [-0.39, 0.29) is 0 Å². The summed E-state index contributed by atoms with van der Waals surface area (Å²) in [6.07, 6.45) is -3.26. The molecule has 1 fully saturated rings. The highest BCUT2D eigenvalue weighted by atomic mass is 79.9. The number of halogens is 2. The van der Waals surface area contributed by atoms with Crippen molar-refractivity contribution in [2.24, 2.45) is 0 Å². The number of H-pyrrole nitrogens is 1.